The van der Waals surface area contributed by atoms with E-state index in [1.807, 2.05) is 12.1 Å². The second kappa shape index (κ2) is 5.31. The molecule has 4 nitrogen and oxygen atoms in total. The number of para-hydroxylation sites is 1. The molecule has 90 valence electrons. The predicted molar refractivity (Wildman–Crippen MR) is 70.8 cm³/mol. The summed E-state index contributed by atoms with van der Waals surface area (Å²) in [5, 5.41) is 10.9. The van der Waals surface area contributed by atoms with Gasteiger partial charge < -0.3 is 4.90 Å². The van der Waals surface area contributed by atoms with Crippen LogP contribution in [-0.4, -0.2) is 22.9 Å². The topological polar surface area (TPSA) is 46.4 Å². The van der Waals surface area contributed by atoms with E-state index in [9.17, 15) is 10.1 Å². The van der Waals surface area contributed by atoms with Crippen LogP contribution >= 0.6 is 15.9 Å². The minimum Gasteiger partial charge on any atom is -0.366 e. The molecule has 2 rings (SSSR count). The summed E-state index contributed by atoms with van der Waals surface area (Å²) in [4.78, 5) is 12.7. The lowest BCUT2D eigenvalue weighted by atomic mass is 10.2. The van der Waals surface area contributed by atoms with Gasteiger partial charge in [-0.3, -0.25) is 10.1 Å². The third kappa shape index (κ3) is 2.85. The molecular weight excluding hydrogens is 284 g/mol. The van der Waals surface area contributed by atoms with Crippen molar-refractivity contribution in [1.29, 1.82) is 0 Å². The van der Waals surface area contributed by atoms with Crippen molar-refractivity contribution in [2.24, 2.45) is 0 Å². The molecule has 0 bridgehead atoms. The highest BCUT2D eigenvalue weighted by Gasteiger charge is 2.15. The maximum atomic E-state index is 10.9. The Balaban J connectivity index is 2.27. The molecule has 1 aliphatic rings. The highest BCUT2D eigenvalue weighted by Crippen LogP contribution is 2.26. The van der Waals surface area contributed by atoms with Crippen LogP contribution in [-0.2, 0) is 0 Å². The molecular formula is C12H13BrN2O2. The van der Waals surface area contributed by atoms with E-state index in [4.69, 9.17) is 0 Å². The van der Waals surface area contributed by atoms with Crippen molar-refractivity contribution in [3.63, 3.8) is 0 Å². The Morgan fingerprint density at radius 1 is 1.35 bits per heavy atom. The van der Waals surface area contributed by atoms with E-state index in [2.05, 4.69) is 20.8 Å². The quantitative estimate of drug-likeness (QED) is 0.488. The fourth-order valence-electron chi connectivity index (χ4n) is 1.93. The first kappa shape index (κ1) is 12.1. The molecule has 1 saturated heterocycles. The number of nitro benzene ring substituents is 1. The highest BCUT2D eigenvalue weighted by molar-refractivity contribution is 9.11. The Kier molecular flexibility index (Phi) is 3.78. The van der Waals surface area contributed by atoms with Gasteiger partial charge in [-0.15, -0.1) is 0 Å². The Morgan fingerprint density at radius 3 is 2.65 bits per heavy atom. The number of halogens is 1. The summed E-state index contributed by atoms with van der Waals surface area (Å²) in [5.74, 6) is 0. The molecule has 0 N–H and O–H groups in total. The van der Waals surface area contributed by atoms with E-state index in [-0.39, 0.29) is 10.6 Å². The zero-order chi connectivity index (χ0) is 12.3. The van der Waals surface area contributed by atoms with Crippen molar-refractivity contribution in [3.05, 3.63) is 44.5 Å². The lowest BCUT2D eigenvalue weighted by Gasteiger charge is -2.16. The van der Waals surface area contributed by atoms with Crippen molar-refractivity contribution >= 4 is 27.7 Å². The number of hydrogen-bond acceptors (Lipinski definition) is 3. The predicted octanol–water partition coefficient (Wildman–Crippen LogP) is 3.38. The Hall–Kier alpha value is -1.36. The van der Waals surface area contributed by atoms with Crippen molar-refractivity contribution in [1.82, 2.24) is 4.90 Å². The average molecular weight is 297 g/mol. The van der Waals surface area contributed by atoms with Gasteiger partial charge in [0, 0.05) is 19.2 Å². The number of rotatable bonds is 3. The molecule has 1 aromatic carbocycles. The lowest BCUT2D eigenvalue weighted by Crippen LogP contribution is -2.14. The van der Waals surface area contributed by atoms with Gasteiger partial charge in [0.2, 0.25) is 0 Å². The van der Waals surface area contributed by atoms with E-state index in [0.29, 0.717) is 5.56 Å². The number of benzene rings is 1. The Morgan fingerprint density at radius 2 is 2.00 bits per heavy atom. The molecule has 0 aliphatic carbocycles. The fraction of sp³-hybridized carbons (Fsp3) is 0.333. The fourth-order valence-corrected chi connectivity index (χ4v) is 2.53. The van der Waals surface area contributed by atoms with Crippen molar-refractivity contribution in [3.8, 4) is 0 Å². The first-order valence-corrected chi connectivity index (χ1v) is 6.33. The summed E-state index contributed by atoms with van der Waals surface area (Å²) >= 11 is 3.49. The van der Waals surface area contributed by atoms with Crippen molar-refractivity contribution < 1.29 is 4.92 Å². The number of nitro groups is 1. The van der Waals surface area contributed by atoms with E-state index >= 15 is 0 Å². The third-order valence-electron chi connectivity index (χ3n) is 2.82. The maximum absolute atomic E-state index is 10.9. The molecule has 1 fully saturated rings. The van der Waals surface area contributed by atoms with Crippen molar-refractivity contribution in [2.75, 3.05) is 13.1 Å². The molecule has 1 aliphatic heterocycles. The van der Waals surface area contributed by atoms with Crippen LogP contribution in [0.3, 0.4) is 0 Å². The normalized spacial score (nSPS) is 16.3. The molecule has 1 heterocycles. The van der Waals surface area contributed by atoms with Crippen LogP contribution in [0.15, 0.2) is 28.9 Å². The summed E-state index contributed by atoms with van der Waals surface area (Å²) in [6.07, 6.45) is 4.18. The van der Waals surface area contributed by atoms with Crippen molar-refractivity contribution in [2.45, 2.75) is 12.8 Å². The molecule has 0 amide bonds. The van der Waals surface area contributed by atoms with Crippen LogP contribution in [0.25, 0.3) is 6.08 Å². The standard InChI is InChI=1S/C12H13BrN2O2/c13-12(14-7-3-4-8-14)9-10-5-1-2-6-11(10)15(16)17/h1-2,5-6,9H,3-4,7-8H2. The number of nitrogens with zero attached hydrogens (tertiary/aromatic N) is 2. The first-order valence-electron chi connectivity index (χ1n) is 5.54. The second-order valence-electron chi connectivity index (χ2n) is 3.98. The highest BCUT2D eigenvalue weighted by atomic mass is 79.9. The molecule has 0 spiro atoms. The molecule has 0 radical (unpaired) electrons. The van der Waals surface area contributed by atoms with E-state index in [1.54, 1.807) is 12.1 Å². The van der Waals surface area contributed by atoms with Gasteiger partial charge >= 0.3 is 0 Å². The minimum atomic E-state index is -0.351. The van der Waals surface area contributed by atoms with Gasteiger partial charge in [-0.1, -0.05) is 12.1 Å². The zero-order valence-corrected chi connectivity index (χ0v) is 10.9. The van der Waals surface area contributed by atoms with Gasteiger partial charge in [0.1, 0.15) is 0 Å². The second-order valence-corrected chi connectivity index (χ2v) is 4.79. The van der Waals surface area contributed by atoms with Gasteiger partial charge in [-0.2, -0.15) is 0 Å². The summed E-state index contributed by atoms with van der Waals surface area (Å²) in [7, 11) is 0. The summed E-state index contributed by atoms with van der Waals surface area (Å²) in [6, 6.07) is 6.77. The van der Waals surface area contributed by atoms with Crippen LogP contribution in [0.4, 0.5) is 5.69 Å². The minimum absolute atomic E-state index is 0.142. The van der Waals surface area contributed by atoms with Gasteiger partial charge in [-0.25, -0.2) is 0 Å². The van der Waals surface area contributed by atoms with Gasteiger partial charge in [0.15, 0.2) is 0 Å². The van der Waals surface area contributed by atoms with Gasteiger partial charge in [0.05, 0.1) is 15.1 Å². The first-order chi connectivity index (χ1) is 8.18. The molecule has 17 heavy (non-hydrogen) atoms. The number of hydrogen-bond donors (Lipinski definition) is 0. The molecule has 0 unspecified atom stereocenters. The average Bonchev–Trinajstić information content (AvgIpc) is 2.83. The smallest absolute Gasteiger partial charge is 0.276 e. The zero-order valence-electron chi connectivity index (χ0n) is 9.30. The van der Waals surface area contributed by atoms with E-state index in [1.165, 1.54) is 18.9 Å². The largest absolute Gasteiger partial charge is 0.366 e. The molecule has 0 atom stereocenters. The third-order valence-corrected chi connectivity index (χ3v) is 3.55. The summed E-state index contributed by atoms with van der Waals surface area (Å²) in [5.41, 5.74) is 0.778. The molecule has 0 aromatic heterocycles. The van der Waals surface area contributed by atoms with Crippen LogP contribution in [0.5, 0.6) is 0 Å². The SMILES string of the molecule is O=[N+]([O-])c1ccccc1C=C(Br)N1CCCC1. The number of likely N-dealkylation sites (tertiary alicyclic amines) is 1. The van der Waals surface area contributed by atoms with Crippen LogP contribution in [0.1, 0.15) is 18.4 Å². The van der Waals surface area contributed by atoms with E-state index < -0.39 is 0 Å². The van der Waals surface area contributed by atoms with Gasteiger partial charge in [-0.05, 0) is 40.9 Å². The monoisotopic (exact) mass is 296 g/mol. The summed E-state index contributed by atoms with van der Waals surface area (Å²) in [6.45, 7) is 2.02. The van der Waals surface area contributed by atoms with E-state index in [0.717, 1.165) is 17.7 Å². The Labute approximate surface area is 108 Å². The molecule has 0 saturated carbocycles. The molecule has 5 heteroatoms. The lowest BCUT2D eigenvalue weighted by molar-refractivity contribution is -0.385. The van der Waals surface area contributed by atoms with Gasteiger partial charge in [0.25, 0.3) is 5.69 Å². The van der Waals surface area contributed by atoms with Crippen LogP contribution in [0, 0.1) is 10.1 Å². The molecule has 1 aromatic rings. The Bertz CT molecular complexity index is 454. The summed E-state index contributed by atoms with van der Waals surface area (Å²) < 4.78 is 0.921. The maximum Gasteiger partial charge on any atom is 0.276 e. The van der Waals surface area contributed by atoms with Crippen LogP contribution < -0.4 is 0 Å². The van der Waals surface area contributed by atoms with Crippen LogP contribution in [0.2, 0.25) is 0 Å².